The molecule has 12 nitrogen and oxygen atoms in total. The summed E-state index contributed by atoms with van der Waals surface area (Å²) in [6.07, 6.45) is 2.45. The number of benzene rings is 4. The van der Waals surface area contributed by atoms with Crippen molar-refractivity contribution in [1.82, 2.24) is 16.0 Å². The summed E-state index contributed by atoms with van der Waals surface area (Å²) in [5, 5.41) is 20.2. The van der Waals surface area contributed by atoms with Crippen molar-refractivity contribution in [3.8, 4) is 11.5 Å². The highest BCUT2D eigenvalue weighted by molar-refractivity contribution is 5.68. The summed E-state index contributed by atoms with van der Waals surface area (Å²) in [5.74, 6) is 1.18. The van der Waals surface area contributed by atoms with Gasteiger partial charge in [0.1, 0.15) is 40.4 Å². The second-order valence-electron chi connectivity index (χ2n) is 23.7. The van der Waals surface area contributed by atoms with E-state index in [0.717, 1.165) is 54.9 Å². The third-order valence-corrected chi connectivity index (χ3v) is 11.7. The largest absolute Gasteiger partial charge is 0.493 e. The molecule has 6 atom stereocenters. The summed E-state index contributed by atoms with van der Waals surface area (Å²) in [6, 6.07) is 24.6. The first-order valence-electron chi connectivity index (χ1n) is 25.4. The maximum Gasteiger partial charge on any atom is 0.407 e. The number of carbonyl (C=O) groups excluding carboxylic acids is 2. The van der Waals surface area contributed by atoms with Crippen LogP contribution in [0.25, 0.3) is 0 Å². The van der Waals surface area contributed by atoms with Crippen LogP contribution in [0.4, 0.5) is 18.4 Å². The van der Waals surface area contributed by atoms with Gasteiger partial charge in [-0.25, -0.2) is 18.4 Å². The van der Waals surface area contributed by atoms with E-state index in [1.807, 2.05) is 32.9 Å². The normalized spacial score (nSPS) is 18.6. The molecule has 3 aliphatic heterocycles. The van der Waals surface area contributed by atoms with Gasteiger partial charge in [0, 0.05) is 42.6 Å². The number of fused-ring (bicyclic) bond motifs is 2. The molecule has 7 rings (SSSR count). The Kier molecular flexibility index (Phi) is 20.1. The van der Waals surface area contributed by atoms with Crippen molar-refractivity contribution >= 4 is 12.2 Å². The molecular formula is C58H82F2N4O8. The molecule has 1 saturated heterocycles. The van der Waals surface area contributed by atoms with Gasteiger partial charge in [-0.15, -0.1) is 0 Å². The number of carbonyl (C=O) groups is 2. The van der Waals surface area contributed by atoms with E-state index in [4.69, 9.17) is 29.4 Å². The van der Waals surface area contributed by atoms with Crippen molar-refractivity contribution in [3.63, 3.8) is 0 Å². The lowest BCUT2D eigenvalue weighted by Gasteiger charge is -2.31. The van der Waals surface area contributed by atoms with Gasteiger partial charge in [-0.1, -0.05) is 90.1 Å². The minimum atomic E-state index is -0.926. The molecule has 2 amide bonds. The smallest absolute Gasteiger partial charge is 0.407 e. The lowest BCUT2D eigenvalue weighted by atomic mass is 9.86. The van der Waals surface area contributed by atoms with Gasteiger partial charge in [-0.2, -0.15) is 0 Å². The minimum Gasteiger partial charge on any atom is -0.493 e. The number of aliphatic hydroxyl groups excluding tert-OH is 1. The second-order valence-corrected chi connectivity index (χ2v) is 23.7. The quantitative estimate of drug-likeness (QED) is 0.0814. The Hall–Kier alpha value is -5.28. The van der Waals surface area contributed by atoms with Crippen LogP contribution in [-0.4, -0.2) is 79.2 Å². The number of amides is 2. The SMILES string of the molecule is CC(C)(C)Cc1ccc2c(c1)[C@@H](N)CCO2.CC(C)(C)Cc1ccc2c(c1)[C@@H](NC[C@@H](O)[C@H](Cc1cccc(F)c1)NC(=O)OC(C)(C)C)CCO2.CC(C)(C)OC(=O)N[C@@H](Cc1cccc(F)c1)C1CO1. The predicted octanol–water partition coefficient (Wildman–Crippen LogP) is 11.0. The molecule has 6 N–H and O–H groups in total. The van der Waals surface area contributed by atoms with Crippen molar-refractivity contribution in [2.75, 3.05) is 26.4 Å². The Morgan fingerprint density at radius 1 is 0.667 bits per heavy atom. The topological polar surface area (TPSA) is 166 Å². The van der Waals surface area contributed by atoms with Crippen LogP contribution < -0.4 is 31.2 Å². The third kappa shape index (κ3) is 20.7. The molecule has 0 spiro atoms. The maximum atomic E-state index is 13.8. The summed E-state index contributed by atoms with van der Waals surface area (Å²) in [4.78, 5) is 24.3. The lowest BCUT2D eigenvalue weighted by Crippen LogP contribution is -2.50. The zero-order valence-electron chi connectivity index (χ0n) is 44.8. The molecule has 0 aromatic heterocycles. The van der Waals surface area contributed by atoms with Crippen LogP contribution >= 0.6 is 0 Å². The molecule has 1 unspecified atom stereocenters. The molecule has 0 saturated carbocycles. The number of rotatable bonds is 13. The van der Waals surface area contributed by atoms with Crippen LogP contribution in [0.1, 0.15) is 141 Å². The number of ether oxygens (including phenoxy) is 5. The summed E-state index contributed by atoms with van der Waals surface area (Å²) in [5.41, 5.74) is 11.7. The first-order chi connectivity index (χ1) is 33.6. The van der Waals surface area contributed by atoms with Crippen LogP contribution in [0.3, 0.4) is 0 Å². The number of alkyl carbamates (subject to hydrolysis) is 2. The van der Waals surface area contributed by atoms with Crippen molar-refractivity contribution in [1.29, 1.82) is 0 Å². The standard InChI is InChI=1S/C29H41FN2O4.C15H20FNO3.C14H21NO/c1-28(2,3)17-20-10-11-26-22(15-20)23(12-13-35-26)31-18-25(33)24(32-27(34)36-29(4,5)6)16-19-8-7-9-21(30)14-19;1-15(2,3)20-14(18)17-12(13-9-19-13)8-10-5-4-6-11(16)7-10;1-14(2,3)9-10-4-5-13-11(8-10)12(15)6-7-16-13/h7-11,14-15,23-25,31,33H,12-13,16-18H2,1-6H3,(H,32,34);4-7,12-13H,8-9H2,1-3H3,(H,17,18);4-5,8,12H,6-7,9,15H2,1-3H3/t23-,24-,25+;12-,13?;12-/m000/s1. The summed E-state index contributed by atoms with van der Waals surface area (Å²) in [6.45, 7) is 26.3. The van der Waals surface area contributed by atoms with E-state index in [2.05, 4.69) is 87.8 Å². The van der Waals surface area contributed by atoms with Crippen LogP contribution in [-0.2, 0) is 39.9 Å². The molecular weight excluding hydrogens is 919 g/mol. The van der Waals surface area contributed by atoms with Crippen LogP contribution in [0.5, 0.6) is 11.5 Å². The third-order valence-electron chi connectivity index (χ3n) is 11.7. The van der Waals surface area contributed by atoms with Gasteiger partial charge in [0.25, 0.3) is 0 Å². The first kappa shape index (κ1) is 57.6. The van der Waals surface area contributed by atoms with Crippen LogP contribution in [0.2, 0.25) is 0 Å². The van der Waals surface area contributed by atoms with Crippen LogP contribution in [0.15, 0.2) is 84.9 Å². The number of hydrogen-bond donors (Lipinski definition) is 5. The van der Waals surface area contributed by atoms with E-state index >= 15 is 0 Å². The molecule has 0 radical (unpaired) electrons. The molecule has 4 aromatic rings. The molecule has 3 heterocycles. The Morgan fingerprint density at radius 2 is 1.15 bits per heavy atom. The second kappa shape index (κ2) is 25.1. The highest BCUT2D eigenvalue weighted by Gasteiger charge is 2.35. The van der Waals surface area contributed by atoms with Crippen molar-refractivity contribution in [2.24, 2.45) is 16.6 Å². The number of epoxide rings is 1. The van der Waals surface area contributed by atoms with Gasteiger partial charge in [-0.05, 0) is 137 Å². The Labute approximate surface area is 427 Å². The Morgan fingerprint density at radius 3 is 1.65 bits per heavy atom. The van der Waals surface area contributed by atoms with Crippen molar-refractivity contribution in [3.05, 3.63) is 130 Å². The maximum absolute atomic E-state index is 13.8. The Bertz CT molecular complexity index is 2380. The minimum absolute atomic E-state index is 0.0136. The zero-order valence-corrected chi connectivity index (χ0v) is 44.8. The monoisotopic (exact) mass is 1000 g/mol. The average molecular weight is 1000 g/mol. The van der Waals surface area contributed by atoms with E-state index in [1.165, 1.54) is 41.0 Å². The van der Waals surface area contributed by atoms with E-state index in [-0.39, 0.29) is 54.2 Å². The van der Waals surface area contributed by atoms with E-state index in [1.54, 1.807) is 39.0 Å². The molecule has 0 bridgehead atoms. The van der Waals surface area contributed by atoms with E-state index < -0.39 is 35.5 Å². The predicted molar refractivity (Wildman–Crippen MR) is 279 cm³/mol. The Balaban J connectivity index is 0.000000223. The first-order valence-corrected chi connectivity index (χ1v) is 25.4. The average Bonchev–Trinajstić information content (AvgIpc) is 4.10. The van der Waals surface area contributed by atoms with Crippen LogP contribution in [0, 0.1) is 22.5 Å². The molecule has 0 aliphatic carbocycles. The van der Waals surface area contributed by atoms with E-state index in [9.17, 15) is 23.5 Å². The van der Waals surface area contributed by atoms with Gasteiger partial charge in [0.05, 0.1) is 38.0 Å². The molecule has 14 heteroatoms. The molecule has 4 aromatic carbocycles. The van der Waals surface area contributed by atoms with Crippen molar-refractivity contribution in [2.45, 2.75) is 169 Å². The summed E-state index contributed by atoms with van der Waals surface area (Å²) in [7, 11) is 0. The molecule has 1 fully saturated rings. The molecule has 396 valence electrons. The number of aliphatic hydroxyl groups is 1. The fraction of sp³-hybridized carbons (Fsp3) is 0.552. The fourth-order valence-corrected chi connectivity index (χ4v) is 8.58. The zero-order chi connectivity index (χ0) is 53.0. The van der Waals surface area contributed by atoms with Gasteiger partial charge >= 0.3 is 12.2 Å². The number of nitrogens with two attached hydrogens (primary N) is 1. The number of halogens is 2. The van der Waals surface area contributed by atoms with Gasteiger partial charge in [0.15, 0.2) is 0 Å². The lowest BCUT2D eigenvalue weighted by molar-refractivity contribution is 0.0417. The van der Waals surface area contributed by atoms with Crippen molar-refractivity contribution < 1.29 is 47.2 Å². The van der Waals surface area contributed by atoms with Gasteiger partial charge in [-0.3, -0.25) is 0 Å². The highest BCUT2D eigenvalue weighted by Crippen LogP contribution is 2.35. The van der Waals surface area contributed by atoms with E-state index in [0.29, 0.717) is 30.6 Å². The van der Waals surface area contributed by atoms with Gasteiger partial charge in [0.2, 0.25) is 0 Å². The molecule has 3 aliphatic rings. The highest BCUT2D eigenvalue weighted by atomic mass is 19.1. The number of hydrogen-bond acceptors (Lipinski definition) is 10. The molecule has 72 heavy (non-hydrogen) atoms. The fourth-order valence-electron chi connectivity index (χ4n) is 8.58. The summed E-state index contributed by atoms with van der Waals surface area (Å²) < 4.78 is 54.3. The summed E-state index contributed by atoms with van der Waals surface area (Å²) >= 11 is 0. The number of nitrogens with one attached hydrogen (secondary N) is 3. The van der Waals surface area contributed by atoms with Gasteiger partial charge < -0.3 is 50.5 Å².